The average molecular weight is 362 g/mol. The van der Waals surface area contributed by atoms with Gasteiger partial charge in [-0.3, -0.25) is 14.4 Å². The van der Waals surface area contributed by atoms with Crippen LogP contribution in [0, 0.1) is 5.92 Å². The van der Waals surface area contributed by atoms with E-state index in [1.165, 1.54) is 12.1 Å². The molecule has 2 unspecified atom stereocenters. The summed E-state index contributed by atoms with van der Waals surface area (Å²) in [6, 6.07) is 13.3. The molecule has 1 N–H and O–H groups in total. The first-order valence-electron chi connectivity index (χ1n) is 7.35. The molecule has 1 amide bonds. The zero-order chi connectivity index (χ0) is 17.3. The van der Waals surface area contributed by atoms with Gasteiger partial charge in [0.1, 0.15) is 0 Å². The highest BCUT2D eigenvalue weighted by atomic mass is 35.5. The number of piperidine rings is 1. The van der Waals surface area contributed by atoms with Gasteiger partial charge in [-0.05, 0) is 17.7 Å². The van der Waals surface area contributed by atoms with E-state index in [0.717, 1.165) is 5.56 Å². The van der Waals surface area contributed by atoms with Crippen molar-refractivity contribution in [1.82, 2.24) is 5.32 Å². The molecule has 1 aliphatic rings. The first-order chi connectivity index (χ1) is 11.5. The van der Waals surface area contributed by atoms with Crippen molar-refractivity contribution < 1.29 is 14.4 Å². The lowest BCUT2D eigenvalue weighted by Crippen LogP contribution is -2.48. The van der Waals surface area contributed by atoms with Gasteiger partial charge in [0.2, 0.25) is 5.91 Å². The van der Waals surface area contributed by atoms with E-state index in [2.05, 4.69) is 5.32 Å². The van der Waals surface area contributed by atoms with Crippen LogP contribution in [0.5, 0.6) is 0 Å². The monoisotopic (exact) mass is 361 g/mol. The molecule has 0 radical (unpaired) electrons. The maximum atomic E-state index is 12.7. The Morgan fingerprint density at radius 1 is 0.958 bits per heavy atom. The summed E-state index contributed by atoms with van der Waals surface area (Å²) < 4.78 is 0. The van der Waals surface area contributed by atoms with Gasteiger partial charge in [-0.2, -0.15) is 0 Å². The van der Waals surface area contributed by atoms with Gasteiger partial charge in [-0.15, -0.1) is 0 Å². The van der Waals surface area contributed by atoms with Crippen molar-refractivity contribution in [2.24, 2.45) is 5.92 Å². The quantitative estimate of drug-likeness (QED) is 0.670. The Hall–Kier alpha value is -2.17. The van der Waals surface area contributed by atoms with Crippen LogP contribution in [0.4, 0.5) is 0 Å². The van der Waals surface area contributed by atoms with Crippen molar-refractivity contribution >= 4 is 40.7 Å². The van der Waals surface area contributed by atoms with Crippen molar-refractivity contribution in [3.8, 4) is 0 Å². The van der Waals surface area contributed by atoms with Crippen LogP contribution in [0.3, 0.4) is 0 Å². The van der Waals surface area contributed by atoms with E-state index >= 15 is 0 Å². The van der Waals surface area contributed by atoms with E-state index in [9.17, 15) is 14.4 Å². The molecule has 24 heavy (non-hydrogen) atoms. The lowest BCUT2D eigenvalue weighted by Gasteiger charge is -2.28. The van der Waals surface area contributed by atoms with Gasteiger partial charge in [-0.25, -0.2) is 0 Å². The summed E-state index contributed by atoms with van der Waals surface area (Å²) in [6.07, 6.45) is 0.0498. The van der Waals surface area contributed by atoms with Gasteiger partial charge in [-0.1, -0.05) is 59.6 Å². The summed E-state index contributed by atoms with van der Waals surface area (Å²) in [4.78, 5) is 37.5. The van der Waals surface area contributed by atoms with Crippen LogP contribution < -0.4 is 5.32 Å². The number of carbonyl (C=O) groups is 3. The molecule has 2 atom stereocenters. The molecule has 0 aromatic heterocycles. The Kier molecular flexibility index (Phi) is 4.69. The summed E-state index contributed by atoms with van der Waals surface area (Å²) in [7, 11) is 0. The number of Topliss-reactive ketones (excluding diaryl/α,β-unsaturated/α-hetero) is 2. The van der Waals surface area contributed by atoms with E-state index in [-0.39, 0.29) is 22.0 Å². The normalized spacial score (nSPS) is 20.6. The number of halogens is 2. The molecule has 0 spiro atoms. The van der Waals surface area contributed by atoms with Gasteiger partial charge in [0, 0.05) is 6.42 Å². The molecular formula is C18H13Cl2NO3. The molecule has 6 heteroatoms. The molecule has 1 aliphatic heterocycles. The van der Waals surface area contributed by atoms with E-state index in [1.807, 2.05) is 30.3 Å². The molecule has 0 aliphatic carbocycles. The Bertz CT molecular complexity index is 782. The topological polar surface area (TPSA) is 63.2 Å². The summed E-state index contributed by atoms with van der Waals surface area (Å²) in [5, 5.41) is 2.98. The van der Waals surface area contributed by atoms with Gasteiger partial charge in [0.15, 0.2) is 17.5 Å². The minimum Gasteiger partial charge on any atom is -0.348 e. The second-order valence-corrected chi connectivity index (χ2v) is 6.35. The smallest absolute Gasteiger partial charge is 0.239 e. The first-order valence-corrected chi connectivity index (χ1v) is 8.11. The van der Waals surface area contributed by atoms with Gasteiger partial charge in [0.25, 0.3) is 0 Å². The molecule has 1 fully saturated rings. The van der Waals surface area contributed by atoms with Crippen molar-refractivity contribution in [2.45, 2.75) is 12.5 Å². The number of hydrogen-bond acceptors (Lipinski definition) is 3. The second kappa shape index (κ2) is 6.75. The number of amides is 1. The number of rotatable bonds is 3. The summed E-state index contributed by atoms with van der Waals surface area (Å²) >= 11 is 12.0. The first kappa shape index (κ1) is 16.7. The van der Waals surface area contributed by atoms with Crippen LogP contribution in [0.25, 0.3) is 0 Å². The van der Waals surface area contributed by atoms with Gasteiger partial charge < -0.3 is 5.32 Å². The molecular weight excluding hydrogens is 349 g/mol. The van der Waals surface area contributed by atoms with Crippen LogP contribution in [0.1, 0.15) is 28.4 Å². The zero-order valence-corrected chi connectivity index (χ0v) is 14.0. The number of benzene rings is 2. The highest BCUT2D eigenvalue weighted by molar-refractivity contribution is 6.42. The number of nitrogens with one attached hydrogen (secondary N) is 1. The Morgan fingerprint density at radius 2 is 1.58 bits per heavy atom. The van der Waals surface area contributed by atoms with E-state index in [0.29, 0.717) is 0 Å². The van der Waals surface area contributed by atoms with Crippen LogP contribution >= 0.6 is 23.2 Å². The lowest BCUT2D eigenvalue weighted by molar-refractivity contribution is -0.136. The molecule has 0 bridgehead atoms. The fraction of sp³-hybridized carbons (Fsp3) is 0.167. The highest BCUT2D eigenvalue weighted by Crippen LogP contribution is 2.31. The summed E-state index contributed by atoms with van der Waals surface area (Å²) in [5.41, 5.74) is 0.827. The summed E-state index contributed by atoms with van der Waals surface area (Å²) in [6.45, 7) is 0. The molecule has 2 aromatic rings. The van der Waals surface area contributed by atoms with Gasteiger partial charge in [0.05, 0.1) is 21.7 Å². The fourth-order valence-corrected chi connectivity index (χ4v) is 3.38. The van der Waals surface area contributed by atoms with E-state index in [4.69, 9.17) is 23.2 Å². The van der Waals surface area contributed by atoms with Crippen molar-refractivity contribution in [3.63, 3.8) is 0 Å². The Morgan fingerprint density at radius 3 is 2.17 bits per heavy atom. The van der Waals surface area contributed by atoms with E-state index in [1.54, 1.807) is 6.07 Å². The van der Waals surface area contributed by atoms with Gasteiger partial charge >= 0.3 is 0 Å². The lowest BCUT2D eigenvalue weighted by atomic mass is 9.84. The molecule has 1 saturated heterocycles. The molecule has 3 rings (SSSR count). The summed E-state index contributed by atoms with van der Waals surface area (Å²) in [5.74, 6) is -3.14. The zero-order valence-electron chi connectivity index (χ0n) is 12.5. The van der Waals surface area contributed by atoms with Crippen LogP contribution in [0.2, 0.25) is 10.0 Å². The van der Waals surface area contributed by atoms with Crippen LogP contribution in [0.15, 0.2) is 48.5 Å². The average Bonchev–Trinajstić information content (AvgIpc) is 2.55. The van der Waals surface area contributed by atoms with Crippen molar-refractivity contribution in [1.29, 1.82) is 0 Å². The molecule has 4 nitrogen and oxygen atoms in total. The SMILES string of the molecule is O=C1CC(c2ccccc2)NC(=O)C1C(=O)c1c(Cl)cccc1Cl. The third-order valence-corrected chi connectivity index (χ3v) is 4.61. The fourth-order valence-electron chi connectivity index (χ4n) is 2.80. The molecule has 1 heterocycles. The maximum Gasteiger partial charge on any atom is 0.239 e. The van der Waals surface area contributed by atoms with E-state index < -0.39 is 29.4 Å². The minimum absolute atomic E-state index is 0.00694. The molecule has 122 valence electrons. The predicted octanol–water partition coefficient (Wildman–Crippen LogP) is 3.62. The van der Waals surface area contributed by atoms with Crippen LogP contribution in [-0.2, 0) is 9.59 Å². The number of carbonyl (C=O) groups excluding carboxylic acids is 3. The van der Waals surface area contributed by atoms with Crippen LogP contribution in [-0.4, -0.2) is 17.5 Å². The third-order valence-electron chi connectivity index (χ3n) is 3.98. The largest absolute Gasteiger partial charge is 0.348 e. The second-order valence-electron chi connectivity index (χ2n) is 5.54. The Labute approximate surface area is 148 Å². The minimum atomic E-state index is -1.41. The Balaban J connectivity index is 1.87. The highest BCUT2D eigenvalue weighted by Gasteiger charge is 2.41. The molecule has 0 saturated carbocycles. The standard InChI is InChI=1S/C18H13Cl2NO3/c19-11-7-4-8-12(20)15(11)17(23)16-14(22)9-13(21-18(16)24)10-5-2-1-3-6-10/h1-8,13,16H,9H2,(H,21,24). The van der Waals surface area contributed by atoms with Crippen molar-refractivity contribution in [2.75, 3.05) is 0 Å². The third kappa shape index (κ3) is 3.07. The maximum absolute atomic E-state index is 12.7. The molecule has 2 aromatic carbocycles. The van der Waals surface area contributed by atoms with Crippen molar-refractivity contribution in [3.05, 3.63) is 69.7 Å². The predicted molar refractivity (Wildman–Crippen MR) is 91.2 cm³/mol. The number of hydrogen-bond donors (Lipinski definition) is 1. The number of ketones is 2.